The van der Waals surface area contributed by atoms with Crippen LogP contribution in [0.2, 0.25) is 0 Å². The van der Waals surface area contributed by atoms with Crippen molar-refractivity contribution < 1.29 is 9.90 Å². The Morgan fingerprint density at radius 1 is 1.71 bits per heavy atom. The smallest absolute Gasteiger partial charge is 0.321 e. The van der Waals surface area contributed by atoms with E-state index in [0.717, 1.165) is 5.69 Å². The first-order chi connectivity index (χ1) is 6.52. The molecule has 1 atom stereocenters. The summed E-state index contributed by atoms with van der Waals surface area (Å²) in [7, 11) is 5.38. The van der Waals surface area contributed by atoms with Gasteiger partial charge in [-0.1, -0.05) is 0 Å². The molecule has 78 valence electrons. The molecule has 1 aromatic rings. The lowest BCUT2D eigenvalue weighted by atomic mass is 10.1. The van der Waals surface area contributed by atoms with Crippen LogP contribution >= 0.6 is 0 Å². The zero-order chi connectivity index (χ0) is 10.7. The molecule has 14 heavy (non-hydrogen) atoms. The number of likely N-dealkylation sites (N-methyl/N-ethyl adjacent to an activating group) is 1. The third kappa shape index (κ3) is 2.32. The lowest BCUT2D eigenvalue weighted by Crippen LogP contribution is -2.37. The second-order valence-electron chi connectivity index (χ2n) is 3.52. The van der Waals surface area contributed by atoms with E-state index >= 15 is 0 Å². The third-order valence-electron chi connectivity index (χ3n) is 2.23. The third-order valence-corrected chi connectivity index (χ3v) is 2.23. The first-order valence-corrected chi connectivity index (χ1v) is 4.36. The number of aryl methyl sites for hydroxylation is 1. The van der Waals surface area contributed by atoms with E-state index in [1.807, 2.05) is 11.6 Å². The molecule has 1 N–H and O–H groups in total. The van der Waals surface area contributed by atoms with Gasteiger partial charge in [0.25, 0.3) is 0 Å². The normalized spacial score (nSPS) is 13.1. The van der Waals surface area contributed by atoms with Gasteiger partial charge in [0.05, 0.1) is 6.33 Å². The Morgan fingerprint density at radius 2 is 2.36 bits per heavy atom. The molecule has 0 aliphatic carbocycles. The Kier molecular flexibility index (Phi) is 3.24. The number of carboxylic acid groups (broad SMARTS) is 1. The highest BCUT2D eigenvalue weighted by Gasteiger charge is 2.21. The molecule has 1 rings (SSSR count). The van der Waals surface area contributed by atoms with Gasteiger partial charge >= 0.3 is 5.97 Å². The van der Waals surface area contributed by atoms with Crippen molar-refractivity contribution in [2.45, 2.75) is 12.5 Å². The van der Waals surface area contributed by atoms with Gasteiger partial charge in [-0.3, -0.25) is 9.69 Å². The lowest BCUT2D eigenvalue weighted by Gasteiger charge is -2.19. The Hall–Kier alpha value is -1.36. The van der Waals surface area contributed by atoms with Crippen molar-refractivity contribution in [3.63, 3.8) is 0 Å². The Balaban J connectivity index is 2.75. The molecule has 0 spiro atoms. The molecule has 5 heteroatoms. The van der Waals surface area contributed by atoms with Gasteiger partial charge < -0.3 is 9.67 Å². The van der Waals surface area contributed by atoms with Gasteiger partial charge in [-0.25, -0.2) is 4.98 Å². The zero-order valence-electron chi connectivity index (χ0n) is 8.64. The number of imidazole rings is 1. The minimum absolute atomic E-state index is 0.471. The maximum absolute atomic E-state index is 10.9. The van der Waals surface area contributed by atoms with E-state index in [1.54, 1.807) is 31.5 Å². The summed E-state index contributed by atoms with van der Waals surface area (Å²) in [6, 6.07) is -0.495. The van der Waals surface area contributed by atoms with Crippen LogP contribution in [0.15, 0.2) is 12.5 Å². The molecule has 1 heterocycles. The van der Waals surface area contributed by atoms with Gasteiger partial charge in [0, 0.05) is 25.4 Å². The number of hydrogen-bond donors (Lipinski definition) is 1. The van der Waals surface area contributed by atoms with E-state index in [1.165, 1.54) is 0 Å². The second-order valence-corrected chi connectivity index (χ2v) is 3.52. The van der Waals surface area contributed by atoms with Crippen LogP contribution in [-0.2, 0) is 18.3 Å². The molecule has 5 nitrogen and oxygen atoms in total. The van der Waals surface area contributed by atoms with E-state index in [-0.39, 0.29) is 0 Å². The minimum atomic E-state index is -0.809. The second kappa shape index (κ2) is 4.23. The summed E-state index contributed by atoms with van der Waals surface area (Å²) < 4.78 is 1.83. The number of nitrogens with zero attached hydrogens (tertiary/aromatic N) is 3. The molecular weight excluding hydrogens is 182 g/mol. The molecule has 0 saturated carbocycles. The van der Waals surface area contributed by atoms with Crippen molar-refractivity contribution in [3.8, 4) is 0 Å². The van der Waals surface area contributed by atoms with Crippen LogP contribution < -0.4 is 0 Å². The SMILES string of the molecule is CN(C)[C@@H](Cc1cncn1C)C(=O)O. The maximum Gasteiger partial charge on any atom is 0.321 e. The van der Waals surface area contributed by atoms with E-state index < -0.39 is 12.0 Å². The van der Waals surface area contributed by atoms with Crippen LogP contribution in [0.4, 0.5) is 0 Å². The van der Waals surface area contributed by atoms with E-state index in [9.17, 15) is 4.79 Å². The van der Waals surface area contributed by atoms with E-state index in [2.05, 4.69) is 4.98 Å². The fourth-order valence-corrected chi connectivity index (χ4v) is 1.27. The van der Waals surface area contributed by atoms with Gasteiger partial charge in [-0.2, -0.15) is 0 Å². The number of aliphatic carboxylic acids is 1. The molecule has 0 saturated heterocycles. The van der Waals surface area contributed by atoms with Gasteiger partial charge in [0.15, 0.2) is 0 Å². The maximum atomic E-state index is 10.9. The number of rotatable bonds is 4. The molecular formula is C9H15N3O2. The molecule has 1 aromatic heterocycles. The highest BCUT2D eigenvalue weighted by Crippen LogP contribution is 2.05. The number of carboxylic acids is 1. The van der Waals surface area contributed by atoms with Crippen LogP contribution in [0.25, 0.3) is 0 Å². The van der Waals surface area contributed by atoms with E-state index in [0.29, 0.717) is 6.42 Å². The molecule has 0 unspecified atom stereocenters. The molecule has 0 radical (unpaired) electrons. The van der Waals surface area contributed by atoms with Crippen LogP contribution in [0.1, 0.15) is 5.69 Å². The van der Waals surface area contributed by atoms with Crippen LogP contribution in [0.3, 0.4) is 0 Å². The Morgan fingerprint density at radius 3 is 2.71 bits per heavy atom. The average molecular weight is 197 g/mol. The summed E-state index contributed by atoms with van der Waals surface area (Å²) in [6.07, 6.45) is 3.84. The van der Waals surface area contributed by atoms with E-state index in [4.69, 9.17) is 5.11 Å². The minimum Gasteiger partial charge on any atom is -0.480 e. The quantitative estimate of drug-likeness (QED) is 0.736. The van der Waals surface area contributed by atoms with Crippen LogP contribution in [-0.4, -0.2) is 45.7 Å². The topological polar surface area (TPSA) is 58.4 Å². The lowest BCUT2D eigenvalue weighted by molar-refractivity contribution is -0.142. The fourth-order valence-electron chi connectivity index (χ4n) is 1.27. The van der Waals surface area contributed by atoms with Crippen LogP contribution in [0, 0.1) is 0 Å². The summed E-state index contributed by atoms with van der Waals surface area (Å²) in [5, 5.41) is 8.96. The van der Waals surface area contributed by atoms with Gasteiger partial charge in [-0.05, 0) is 14.1 Å². The molecule has 0 aliphatic rings. The monoisotopic (exact) mass is 197 g/mol. The molecule has 0 aromatic carbocycles. The first kappa shape index (κ1) is 10.7. The first-order valence-electron chi connectivity index (χ1n) is 4.36. The van der Waals surface area contributed by atoms with Crippen molar-refractivity contribution in [3.05, 3.63) is 18.2 Å². The number of aromatic nitrogens is 2. The Labute approximate surface area is 83.0 Å². The van der Waals surface area contributed by atoms with Crippen molar-refractivity contribution in [2.75, 3.05) is 14.1 Å². The standard InChI is InChI=1S/C9H15N3O2/c1-11(2)8(9(13)14)4-7-5-10-6-12(7)3/h5-6,8H,4H2,1-3H3,(H,13,14)/t8-/m0/s1. The summed E-state index contributed by atoms with van der Waals surface area (Å²) in [6.45, 7) is 0. The average Bonchev–Trinajstić information content (AvgIpc) is 2.46. The summed E-state index contributed by atoms with van der Waals surface area (Å²) in [4.78, 5) is 16.5. The van der Waals surface area contributed by atoms with Crippen molar-refractivity contribution in [1.82, 2.24) is 14.5 Å². The summed E-state index contributed by atoms with van der Waals surface area (Å²) in [5.41, 5.74) is 0.922. The zero-order valence-corrected chi connectivity index (χ0v) is 8.64. The van der Waals surface area contributed by atoms with Crippen LogP contribution in [0.5, 0.6) is 0 Å². The number of carbonyl (C=O) groups is 1. The molecule has 0 amide bonds. The van der Waals surface area contributed by atoms with Crippen molar-refractivity contribution in [2.24, 2.45) is 7.05 Å². The highest BCUT2D eigenvalue weighted by atomic mass is 16.4. The molecule has 0 bridgehead atoms. The summed E-state index contributed by atoms with van der Waals surface area (Å²) >= 11 is 0. The predicted molar refractivity (Wildman–Crippen MR) is 52.0 cm³/mol. The van der Waals surface area contributed by atoms with Crippen molar-refractivity contribution >= 4 is 5.97 Å². The predicted octanol–water partition coefficient (Wildman–Crippen LogP) is -0.0226. The highest BCUT2D eigenvalue weighted by molar-refractivity contribution is 5.73. The Bertz CT molecular complexity index is 320. The van der Waals surface area contributed by atoms with Gasteiger partial charge in [-0.15, -0.1) is 0 Å². The largest absolute Gasteiger partial charge is 0.480 e. The number of hydrogen-bond acceptors (Lipinski definition) is 3. The summed E-state index contributed by atoms with van der Waals surface area (Å²) in [5.74, 6) is -0.809. The van der Waals surface area contributed by atoms with Crippen molar-refractivity contribution in [1.29, 1.82) is 0 Å². The molecule has 0 fully saturated rings. The fraction of sp³-hybridized carbons (Fsp3) is 0.556. The molecule has 0 aliphatic heterocycles. The van der Waals surface area contributed by atoms with Gasteiger partial charge in [0.1, 0.15) is 6.04 Å². The van der Waals surface area contributed by atoms with Gasteiger partial charge in [0.2, 0.25) is 0 Å².